The standard InChI is InChI=1S/C13H19NO3/c1-3-17-14(8-10-16-11-9-15)13-6-4-12(2)5-7-13/h4-8,10,15H,3,9,11H2,1-2H3. The number of rotatable bonds is 7. The molecule has 4 heteroatoms. The fourth-order valence-electron chi connectivity index (χ4n) is 1.25. The molecular formula is C13H19NO3. The topological polar surface area (TPSA) is 41.9 Å². The van der Waals surface area contributed by atoms with E-state index in [1.807, 2.05) is 38.1 Å². The molecule has 1 N–H and O–H groups in total. The Balaban J connectivity index is 2.64. The van der Waals surface area contributed by atoms with E-state index >= 15 is 0 Å². The van der Waals surface area contributed by atoms with E-state index in [0.29, 0.717) is 6.61 Å². The minimum atomic E-state index is 0.00348. The van der Waals surface area contributed by atoms with E-state index in [2.05, 4.69) is 0 Å². The molecule has 0 aliphatic rings. The van der Waals surface area contributed by atoms with Gasteiger partial charge in [0.15, 0.2) is 0 Å². The molecule has 0 unspecified atom stereocenters. The second-order valence-electron chi connectivity index (χ2n) is 3.46. The molecule has 1 rings (SSSR count). The Morgan fingerprint density at radius 2 is 2.00 bits per heavy atom. The van der Waals surface area contributed by atoms with Crippen molar-refractivity contribution in [1.29, 1.82) is 0 Å². The van der Waals surface area contributed by atoms with E-state index in [9.17, 15) is 0 Å². The van der Waals surface area contributed by atoms with Crippen LogP contribution < -0.4 is 5.06 Å². The SMILES string of the molecule is CCON(C=COCCO)c1ccc(C)cc1. The summed E-state index contributed by atoms with van der Waals surface area (Å²) in [7, 11) is 0. The third-order valence-corrected chi connectivity index (χ3v) is 2.06. The lowest BCUT2D eigenvalue weighted by molar-refractivity contribution is 0.137. The summed E-state index contributed by atoms with van der Waals surface area (Å²) in [4.78, 5) is 5.45. The average Bonchev–Trinajstić information content (AvgIpc) is 2.34. The first kappa shape index (κ1) is 13.5. The van der Waals surface area contributed by atoms with Gasteiger partial charge in [-0.25, -0.2) is 5.06 Å². The number of hydroxylamine groups is 1. The molecule has 0 atom stereocenters. The number of hydrogen-bond donors (Lipinski definition) is 1. The lowest BCUT2D eigenvalue weighted by Crippen LogP contribution is -2.16. The highest BCUT2D eigenvalue weighted by Crippen LogP contribution is 2.15. The largest absolute Gasteiger partial charge is 0.497 e. The molecule has 94 valence electrons. The molecule has 0 fully saturated rings. The molecule has 0 aliphatic carbocycles. The van der Waals surface area contributed by atoms with Crippen molar-refractivity contribution in [2.24, 2.45) is 0 Å². The van der Waals surface area contributed by atoms with Crippen LogP contribution in [0.1, 0.15) is 12.5 Å². The van der Waals surface area contributed by atoms with Gasteiger partial charge >= 0.3 is 0 Å². The van der Waals surface area contributed by atoms with Crippen LogP contribution >= 0.6 is 0 Å². The zero-order chi connectivity index (χ0) is 12.5. The van der Waals surface area contributed by atoms with Gasteiger partial charge in [0.1, 0.15) is 12.9 Å². The Hall–Kier alpha value is -1.52. The Morgan fingerprint density at radius 1 is 1.29 bits per heavy atom. The lowest BCUT2D eigenvalue weighted by Gasteiger charge is -2.18. The van der Waals surface area contributed by atoms with Crippen LogP contribution in [0.3, 0.4) is 0 Å². The van der Waals surface area contributed by atoms with Crippen molar-refractivity contribution in [3.63, 3.8) is 0 Å². The number of aliphatic hydroxyl groups is 1. The second kappa shape index (κ2) is 7.70. The molecule has 0 radical (unpaired) electrons. The predicted octanol–water partition coefficient (Wildman–Crippen LogP) is 2.23. The van der Waals surface area contributed by atoms with Gasteiger partial charge in [-0.3, -0.25) is 4.84 Å². The summed E-state index contributed by atoms with van der Waals surface area (Å²) in [6.45, 7) is 4.81. The van der Waals surface area contributed by atoms with Crippen molar-refractivity contribution in [3.05, 3.63) is 42.3 Å². The molecule has 0 saturated heterocycles. The van der Waals surface area contributed by atoms with Crippen LogP contribution in [0, 0.1) is 6.92 Å². The molecule has 0 aliphatic heterocycles. The molecule has 0 aromatic heterocycles. The van der Waals surface area contributed by atoms with Crippen LogP contribution in [0.15, 0.2) is 36.7 Å². The van der Waals surface area contributed by atoms with E-state index in [1.54, 1.807) is 11.3 Å². The molecule has 1 aromatic carbocycles. The Kier molecular flexibility index (Phi) is 6.14. The van der Waals surface area contributed by atoms with Crippen molar-refractivity contribution in [3.8, 4) is 0 Å². The van der Waals surface area contributed by atoms with E-state index in [-0.39, 0.29) is 13.2 Å². The minimum absolute atomic E-state index is 0.00348. The smallest absolute Gasteiger partial charge is 0.110 e. The maximum absolute atomic E-state index is 8.58. The Bertz CT molecular complexity index is 335. The highest BCUT2D eigenvalue weighted by molar-refractivity contribution is 5.47. The Morgan fingerprint density at radius 3 is 2.59 bits per heavy atom. The number of benzene rings is 1. The summed E-state index contributed by atoms with van der Waals surface area (Å²) in [5, 5.41) is 10.2. The van der Waals surface area contributed by atoms with Gasteiger partial charge in [0.05, 0.1) is 25.1 Å². The van der Waals surface area contributed by atoms with Gasteiger partial charge in [-0.15, -0.1) is 0 Å². The molecule has 0 heterocycles. The minimum Gasteiger partial charge on any atom is -0.497 e. The first-order valence-electron chi connectivity index (χ1n) is 5.66. The summed E-state index contributed by atoms with van der Waals surface area (Å²) in [6, 6.07) is 7.98. The summed E-state index contributed by atoms with van der Waals surface area (Å²) >= 11 is 0. The highest BCUT2D eigenvalue weighted by Gasteiger charge is 2.01. The van der Waals surface area contributed by atoms with Crippen LogP contribution in [-0.4, -0.2) is 24.9 Å². The van der Waals surface area contributed by atoms with Crippen molar-refractivity contribution >= 4 is 5.69 Å². The predicted molar refractivity (Wildman–Crippen MR) is 67.5 cm³/mol. The quantitative estimate of drug-likeness (QED) is 0.448. The monoisotopic (exact) mass is 237 g/mol. The molecule has 0 bridgehead atoms. The van der Waals surface area contributed by atoms with Gasteiger partial charge in [-0.1, -0.05) is 17.7 Å². The third kappa shape index (κ3) is 4.89. The maximum atomic E-state index is 8.58. The van der Waals surface area contributed by atoms with Crippen LogP contribution in [0.5, 0.6) is 0 Å². The highest BCUT2D eigenvalue weighted by atomic mass is 16.7. The van der Waals surface area contributed by atoms with Crippen molar-refractivity contribution in [1.82, 2.24) is 0 Å². The van der Waals surface area contributed by atoms with Gasteiger partial charge in [0.2, 0.25) is 0 Å². The van der Waals surface area contributed by atoms with Crippen molar-refractivity contribution in [2.75, 3.05) is 24.9 Å². The Labute approximate surface area is 102 Å². The summed E-state index contributed by atoms with van der Waals surface area (Å²) in [5.74, 6) is 0. The normalized spacial score (nSPS) is 10.8. The van der Waals surface area contributed by atoms with Gasteiger partial charge in [-0.2, -0.15) is 0 Å². The third-order valence-electron chi connectivity index (χ3n) is 2.06. The van der Waals surface area contributed by atoms with Gasteiger partial charge in [-0.05, 0) is 26.0 Å². The number of aliphatic hydroxyl groups excluding tert-OH is 1. The number of hydrogen-bond acceptors (Lipinski definition) is 4. The molecule has 0 spiro atoms. The fraction of sp³-hybridized carbons (Fsp3) is 0.385. The average molecular weight is 237 g/mol. The molecule has 1 aromatic rings. The first-order valence-corrected chi connectivity index (χ1v) is 5.66. The van der Waals surface area contributed by atoms with Crippen LogP contribution in [0.4, 0.5) is 5.69 Å². The molecular weight excluding hydrogens is 218 g/mol. The summed E-state index contributed by atoms with van der Waals surface area (Å²) in [5.41, 5.74) is 2.13. The van der Waals surface area contributed by atoms with Crippen molar-refractivity contribution < 1.29 is 14.7 Å². The molecule has 4 nitrogen and oxygen atoms in total. The van der Waals surface area contributed by atoms with E-state index in [1.165, 1.54) is 11.8 Å². The summed E-state index contributed by atoms with van der Waals surface area (Å²) in [6.07, 6.45) is 3.19. The molecule has 17 heavy (non-hydrogen) atoms. The van der Waals surface area contributed by atoms with Crippen LogP contribution in [0.2, 0.25) is 0 Å². The van der Waals surface area contributed by atoms with Gasteiger partial charge in [0.25, 0.3) is 0 Å². The van der Waals surface area contributed by atoms with Gasteiger partial charge < -0.3 is 9.84 Å². The van der Waals surface area contributed by atoms with Crippen LogP contribution in [-0.2, 0) is 9.57 Å². The van der Waals surface area contributed by atoms with E-state index in [4.69, 9.17) is 14.7 Å². The first-order chi connectivity index (χ1) is 8.27. The van der Waals surface area contributed by atoms with E-state index < -0.39 is 0 Å². The second-order valence-corrected chi connectivity index (χ2v) is 3.46. The number of nitrogens with zero attached hydrogens (tertiary/aromatic N) is 1. The summed E-state index contributed by atoms with van der Waals surface area (Å²) < 4.78 is 5.05. The van der Waals surface area contributed by atoms with E-state index in [0.717, 1.165) is 5.69 Å². The van der Waals surface area contributed by atoms with Gasteiger partial charge in [0, 0.05) is 0 Å². The zero-order valence-electron chi connectivity index (χ0n) is 10.3. The molecule has 0 amide bonds. The fourth-order valence-corrected chi connectivity index (χ4v) is 1.25. The number of anilines is 1. The van der Waals surface area contributed by atoms with Crippen molar-refractivity contribution in [2.45, 2.75) is 13.8 Å². The lowest BCUT2D eigenvalue weighted by atomic mass is 10.2. The maximum Gasteiger partial charge on any atom is 0.110 e. The number of aryl methyl sites for hydroxylation is 1. The number of ether oxygens (including phenoxy) is 1. The zero-order valence-corrected chi connectivity index (χ0v) is 10.3. The molecule has 0 saturated carbocycles. The van der Waals surface area contributed by atoms with Crippen LogP contribution in [0.25, 0.3) is 0 Å².